The molecule has 1 heterocycles. The molecule has 2 aromatic carbocycles. The first-order valence-electron chi connectivity index (χ1n) is 8.04. The van der Waals surface area contributed by atoms with Gasteiger partial charge < -0.3 is 10.0 Å². The van der Waals surface area contributed by atoms with Gasteiger partial charge in [-0.25, -0.2) is 0 Å². The molecule has 1 amide bonds. The van der Waals surface area contributed by atoms with Crippen LogP contribution in [0.4, 0.5) is 0 Å². The number of amides is 1. The zero-order valence-electron chi connectivity index (χ0n) is 13.8. The zero-order chi connectivity index (χ0) is 18.0. The summed E-state index contributed by atoms with van der Waals surface area (Å²) in [5, 5.41) is 10.7. The molecule has 0 radical (unpaired) electrons. The molecule has 0 aliphatic carbocycles. The molecule has 1 aliphatic heterocycles. The minimum atomic E-state index is -0.664. The van der Waals surface area contributed by atoms with Gasteiger partial charge in [0.1, 0.15) is 0 Å². The summed E-state index contributed by atoms with van der Waals surface area (Å²) >= 11 is 6.30. The minimum absolute atomic E-state index is 0.103. The van der Waals surface area contributed by atoms with E-state index in [2.05, 4.69) is 0 Å². The van der Waals surface area contributed by atoms with E-state index in [1.807, 2.05) is 30.3 Å². The van der Waals surface area contributed by atoms with Gasteiger partial charge in [-0.05, 0) is 30.5 Å². The number of hydrogen-bond donors (Lipinski definition) is 1. The molecule has 1 N–H and O–H groups in total. The van der Waals surface area contributed by atoms with Crippen LogP contribution in [-0.4, -0.2) is 28.2 Å². The Labute approximate surface area is 151 Å². The number of nitrogens with zero attached hydrogens (tertiary/aromatic N) is 1. The highest BCUT2D eigenvalue weighted by molar-refractivity contribution is 6.31. The molecule has 0 fully saturated rings. The van der Waals surface area contributed by atoms with Crippen molar-refractivity contribution < 1.29 is 14.7 Å². The maximum absolute atomic E-state index is 12.6. The fraction of sp³-hybridized carbons (Fsp3) is 0.200. The standard InChI is InChI=1S/C20H18ClNO3/c1-13(23)17-18(15-9-5-6-10-16(15)21)22(20(25)19(17)24)12-11-14-7-3-2-4-8-14/h2-10,18,24H,11-12H2,1H3/t18-/m0/s1. The average Bonchev–Trinajstić information content (AvgIpc) is 2.85. The second kappa shape index (κ2) is 7.11. The minimum Gasteiger partial charge on any atom is -0.503 e. The van der Waals surface area contributed by atoms with Crippen LogP contribution in [0.25, 0.3) is 0 Å². The van der Waals surface area contributed by atoms with E-state index >= 15 is 0 Å². The van der Waals surface area contributed by atoms with Crippen molar-refractivity contribution >= 4 is 23.3 Å². The van der Waals surface area contributed by atoms with Gasteiger partial charge in [0.05, 0.1) is 11.6 Å². The molecule has 128 valence electrons. The molecular formula is C20H18ClNO3. The molecule has 5 heteroatoms. The SMILES string of the molecule is CC(=O)C1=C(O)C(=O)N(CCc2ccccc2)[C@H]1c1ccccc1Cl. The van der Waals surface area contributed by atoms with Crippen LogP contribution in [0.5, 0.6) is 0 Å². The molecular weight excluding hydrogens is 338 g/mol. The topological polar surface area (TPSA) is 57.6 Å². The fourth-order valence-electron chi connectivity index (χ4n) is 3.16. The number of aliphatic hydroxyl groups excluding tert-OH is 1. The maximum atomic E-state index is 12.6. The van der Waals surface area contributed by atoms with Gasteiger partial charge in [-0.1, -0.05) is 60.1 Å². The Morgan fingerprint density at radius 3 is 2.40 bits per heavy atom. The molecule has 1 aliphatic rings. The second-order valence-corrected chi connectivity index (χ2v) is 6.38. The van der Waals surface area contributed by atoms with Gasteiger partial charge in [-0.2, -0.15) is 0 Å². The first kappa shape index (κ1) is 17.2. The molecule has 3 rings (SSSR count). The second-order valence-electron chi connectivity index (χ2n) is 5.98. The van der Waals surface area contributed by atoms with E-state index in [1.54, 1.807) is 24.3 Å². The largest absolute Gasteiger partial charge is 0.503 e. The predicted octanol–water partition coefficient (Wildman–Crippen LogP) is 3.87. The molecule has 0 spiro atoms. The molecule has 4 nitrogen and oxygen atoms in total. The summed E-state index contributed by atoms with van der Waals surface area (Å²) in [6, 6.07) is 16.2. The first-order chi connectivity index (χ1) is 12.0. The third kappa shape index (κ3) is 3.30. The summed E-state index contributed by atoms with van der Waals surface area (Å²) in [6.07, 6.45) is 0.617. The van der Waals surface area contributed by atoms with Gasteiger partial charge in [0.2, 0.25) is 0 Å². The highest BCUT2D eigenvalue weighted by Crippen LogP contribution is 2.40. The van der Waals surface area contributed by atoms with Gasteiger partial charge in [-0.3, -0.25) is 9.59 Å². The van der Waals surface area contributed by atoms with Crippen LogP contribution < -0.4 is 0 Å². The van der Waals surface area contributed by atoms with Crippen molar-refractivity contribution in [3.8, 4) is 0 Å². The molecule has 0 saturated heterocycles. The van der Waals surface area contributed by atoms with Crippen molar-refractivity contribution in [1.82, 2.24) is 4.90 Å². The van der Waals surface area contributed by atoms with Crippen molar-refractivity contribution in [2.45, 2.75) is 19.4 Å². The Balaban J connectivity index is 1.97. The Kier molecular flexibility index (Phi) is 4.91. The number of benzene rings is 2. The Morgan fingerprint density at radius 2 is 1.76 bits per heavy atom. The van der Waals surface area contributed by atoms with Crippen molar-refractivity contribution in [2.24, 2.45) is 0 Å². The summed E-state index contributed by atoms with van der Waals surface area (Å²) in [7, 11) is 0. The Hall–Kier alpha value is -2.59. The van der Waals surface area contributed by atoms with Gasteiger partial charge in [0, 0.05) is 11.6 Å². The molecule has 1 atom stereocenters. The average molecular weight is 356 g/mol. The molecule has 0 aromatic heterocycles. The Morgan fingerprint density at radius 1 is 1.12 bits per heavy atom. The summed E-state index contributed by atoms with van der Waals surface area (Å²) in [5.74, 6) is -1.35. The van der Waals surface area contributed by atoms with E-state index in [-0.39, 0.29) is 11.4 Å². The van der Waals surface area contributed by atoms with Crippen LogP contribution in [0.3, 0.4) is 0 Å². The van der Waals surface area contributed by atoms with E-state index in [0.29, 0.717) is 23.6 Å². The smallest absolute Gasteiger partial charge is 0.290 e. The predicted molar refractivity (Wildman–Crippen MR) is 96.4 cm³/mol. The highest BCUT2D eigenvalue weighted by Gasteiger charge is 2.42. The normalized spacial score (nSPS) is 17.3. The van der Waals surface area contributed by atoms with Crippen molar-refractivity contribution in [3.63, 3.8) is 0 Å². The molecule has 2 aromatic rings. The maximum Gasteiger partial charge on any atom is 0.290 e. The fourth-order valence-corrected chi connectivity index (χ4v) is 3.40. The summed E-state index contributed by atoms with van der Waals surface area (Å²) in [4.78, 5) is 26.2. The lowest BCUT2D eigenvalue weighted by atomic mass is 9.96. The Bertz CT molecular complexity index is 845. The summed E-state index contributed by atoms with van der Waals surface area (Å²) in [5.41, 5.74) is 1.81. The molecule has 0 unspecified atom stereocenters. The third-order valence-corrected chi connectivity index (χ3v) is 4.71. The van der Waals surface area contributed by atoms with Crippen LogP contribution in [0.15, 0.2) is 65.9 Å². The number of hydrogen-bond acceptors (Lipinski definition) is 3. The van der Waals surface area contributed by atoms with Gasteiger partial charge in [-0.15, -0.1) is 0 Å². The number of Topliss-reactive ketones (excluding diaryl/α,β-unsaturated/α-hetero) is 1. The monoisotopic (exact) mass is 355 g/mol. The lowest BCUT2D eigenvalue weighted by molar-refractivity contribution is -0.129. The number of aliphatic hydroxyl groups is 1. The van der Waals surface area contributed by atoms with Crippen LogP contribution >= 0.6 is 11.6 Å². The van der Waals surface area contributed by atoms with E-state index in [1.165, 1.54) is 11.8 Å². The van der Waals surface area contributed by atoms with Gasteiger partial charge >= 0.3 is 0 Å². The van der Waals surface area contributed by atoms with Crippen LogP contribution in [0.1, 0.15) is 24.1 Å². The first-order valence-corrected chi connectivity index (χ1v) is 8.42. The van der Waals surface area contributed by atoms with Crippen molar-refractivity contribution in [2.75, 3.05) is 6.54 Å². The van der Waals surface area contributed by atoms with Crippen molar-refractivity contribution in [3.05, 3.63) is 82.1 Å². The lowest BCUT2D eigenvalue weighted by Gasteiger charge is -2.27. The lowest BCUT2D eigenvalue weighted by Crippen LogP contribution is -2.33. The van der Waals surface area contributed by atoms with E-state index < -0.39 is 17.7 Å². The molecule has 0 bridgehead atoms. The number of ketones is 1. The summed E-state index contributed by atoms with van der Waals surface area (Å²) in [6.45, 7) is 1.73. The van der Waals surface area contributed by atoms with E-state index in [0.717, 1.165) is 5.56 Å². The molecule has 25 heavy (non-hydrogen) atoms. The van der Waals surface area contributed by atoms with E-state index in [4.69, 9.17) is 11.6 Å². The number of rotatable bonds is 5. The van der Waals surface area contributed by atoms with Gasteiger partial charge in [0.25, 0.3) is 5.91 Å². The number of carbonyl (C=O) groups excluding carboxylic acids is 2. The summed E-state index contributed by atoms with van der Waals surface area (Å²) < 4.78 is 0. The number of carbonyl (C=O) groups is 2. The third-order valence-electron chi connectivity index (χ3n) is 4.37. The zero-order valence-corrected chi connectivity index (χ0v) is 14.5. The van der Waals surface area contributed by atoms with E-state index in [9.17, 15) is 14.7 Å². The quantitative estimate of drug-likeness (QED) is 0.885. The van der Waals surface area contributed by atoms with Crippen LogP contribution in [-0.2, 0) is 16.0 Å². The molecule has 0 saturated carbocycles. The van der Waals surface area contributed by atoms with Crippen LogP contribution in [0.2, 0.25) is 5.02 Å². The highest BCUT2D eigenvalue weighted by atomic mass is 35.5. The van der Waals surface area contributed by atoms with Gasteiger partial charge in [0.15, 0.2) is 11.5 Å². The van der Waals surface area contributed by atoms with Crippen molar-refractivity contribution in [1.29, 1.82) is 0 Å². The van der Waals surface area contributed by atoms with Crippen LogP contribution in [0, 0.1) is 0 Å². The number of halogens is 1.